The molecule has 0 spiro atoms. The molecule has 2 rings (SSSR count). The summed E-state index contributed by atoms with van der Waals surface area (Å²) in [4.78, 5) is 23.9. The number of nitrogens with one attached hydrogen (secondary N) is 1. The van der Waals surface area contributed by atoms with Gasteiger partial charge in [-0.15, -0.1) is 11.8 Å². The Balaban J connectivity index is 1.60. The van der Waals surface area contributed by atoms with Crippen molar-refractivity contribution < 1.29 is 14.7 Å². The number of carboxylic acids is 1. The van der Waals surface area contributed by atoms with Crippen molar-refractivity contribution >= 4 is 39.6 Å². The summed E-state index contributed by atoms with van der Waals surface area (Å²) >= 11 is 5.14. The Morgan fingerprint density at radius 3 is 2.64 bits per heavy atom. The minimum Gasteiger partial charge on any atom is -0.481 e. The number of carboxylic acid groups (broad SMARTS) is 1. The lowest BCUT2D eigenvalue weighted by Gasteiger charge is -2.12. The van der Waals surface area contributed by atoms with Crippen LogP contribution in [0.2, 0.25) is 0 Å². The van der Waals surface area contributed by atoms with Crippen LogP contribution in [-0.4, -0.2) is 28.8 Å². The molecular weight excluding hydrogens is 366 g/mol. The lowest BCUT2D eigenvalue weighted by molar-refractivity contribution is -0.141. The van der Waals surface area contributed by atoms with Crippen molar-refractivity contribution in [2.24, 2.45) is 5.92 Å². The smallest absolute Gasteiger partial charge is 0.306 e. The van der Waals surface area contributed by atoms with Gasteiger partial charge in [-0.2, -0.15) is 0 Å². The molecule has 0 radical (unpaired) electrons. The zero-order valence-electron chi connectivity index (χ0n) is 12.3. The molecule has 0 saturated heterocycles. The van der Waals surface area contributed by atoms with E-state index in [0.29, 0.717) is 19.3 Å². The van der Waals surface area contributed by atoms with Crippen LogP contribution in [-0.2, 0) is 9.59 Å². The van der Waals surface area contributed by atoms with Gasteiger partial charge in [-0.3, -0.25) is 9.59 Å². The van der Waals surface area contributed by atoms with Crippen molar-refractivity contribution in [2.45, 2.75) is 43.0 Å². The summed E-state index contributed by atoms with van der Waals surface area (Å²) in [6.45, 7) is 0. The van der Waals surface area contributed by atoms with Crippen molar-refractivity contribution in [1.82, 2.24) is 5.32 Å². The fourth-order valence-electron chi connectivity index (χ4n) is 2.59. The van der Waals surface area contributed by atoms with Crippen LogP contribution in [0, 0.1) is 5.92 Å². The van der Waals surface area contributed by atoms with Gasteiger partial charge in [-0.1, -0.05) is 15.9 Å². The van der Waals surface area contributed by atoms with Crippen molar-refractivity contribution in [3.63, 3.8) is 0 Å². The van der Waals surface area contributed by atoms with Crippen molar-refractivity contribution in [3.8, 4) is 0 Å². The number of thioether (sulfide) groups is 1. The molecule has 6 heteroatoms. The van der Waals surface area contributed by atoms with Crippen LogP contribution in [0.5, 0.6) is 0 Å². The Labute approximate surface area is 143 Å². The Morgan fingerprint density at radius 1 is 1.27 bits per heavy atom. The number of carbonyl (C=O) groups excluding carboxylic acids is 1. The third-order valence-corrected chi connectivity index (χ3v) is 5.40. The number of hydrogen-bond acceptors (Lipinski definition) is 3. The summed E-state index contributed by atoms with van der Waals surface area (Å²) in [7, 11) is 0. The average molecular weight is 386 g/mol. The first-order valence-corrected chi connectivity index (χ1v) is 9.23. The molecule has 120 valence electrons. The molecule has 0 unspecified atom stereocenters. The summed E-state index contributed by atoms with van der Waals surface area (Å²) in [6, 6.07) is 8.16. The highest BCUT2D eigenvalue weighted by Crippen LogP contribution is 2.26. The van der Waals surface area contributed by atoms with E-state index in [-0.39, 0.29) is 17.9 Å². The number of aliphatic carboxylic acids is 1. The first-order chi connectivity index (χ1) is 10.5. The fraction of sp³-hybridized carbons (Fsp3) is 0.500. The van der Waals surface area contributed by atoms with Gasteiger partial charge in [0.15, 0.2) is 0 Å². The molecule has 4 nitrogen and oxygen atoms in total. The summed E-state index contributed by atoms with van der Waals surface area (Å²) in [6.07, 6.45) is 3.32. The SMILES string of the molecule is O=C(CCCSc1ccc(Br)cc1)N[C@H]1CC[C@@H](C(=O)O)C1. The largest absolute Gasteiger partial charge is 0.481 e. The summed E-state index contributed by atoms with van der Waals surface area (Å²) < 4.78 is 1.06. The van der Waals surface area contributed by atoms with E-state index in [4.69, 9.17) is 5.11 Å². The third kappa shape index (κ3) is 5.65. The number of hydrogen-bond donors (Lipinski definition) is 2. The molecule has 1 saturated carbocycles. The first kappa shape index (κ1) is 17.3. The maximum Gasteiger partial charge on any atom is 0.306 e. The van der Waals surface area contributed by atoms with E-state index in [9.17, 15) is 9.59 Å². The molecule has 1 aliphatic rings. The zero-order chi connectivity index (χ0) is 15.9. The monoisotopic (exact) mass is 385 g/mol. The minimum atomic E-state index is -0.748. The molecule has 0 heterocycles. The maximum atomic E-state index is 11.9. The van der Waals surface area contributed by atoms with Gasteiger partial charge in [0.1, 0.15) is 0 Å². The second-order valence-electron chi connectivity index (χ2n) is 5.52. The van der Waals surface area contributed by atoms with Crippen LogP contribution in [0.3, 0.4) is 0 Å². The van der Waals surface area contributed by atoms with Crippen LogP contribution in [0.1, 0.15) is 32.1 Å². The van der Waals surface area contributed by atoms with E-state index >= 15 is 0 Å². The second-order valence-corrected chi connectivity index (χ2v) is 7.60. The molecule has 1 aliphatic carbocycles. The van der Waals surface area contributed by atoms with E-state index < -0.39 is 5.97 Å². The van der Waals surface area contributed by atoms with E-state index in [1.54, 1.807) is 11.8 Å². The zero-order valence-corrected chi connectivity index (χ0v) is 14.7. The number of carbonyl (C=O) groups is 2. The van der Waals surface area contributed by atoms with E-state index in [1.807, 2.05) is 12.1 Å². The maximum absolute atomic E-state index is 11.9. The highest BCUT2D eigenvalue weighted by molar-refractivity contribution is 9.10. The molecule has 1 aromatic rings. The second kappa shape index (κ2) is 8.58. The fourth-order valence-corrected chi connectivity index (χ4v) is 3.71. The van der Waals surface area contributed by atoms with E-state index in [2.05, 4.69) is 33.4 Å². The Morgan fingerprint density at radius 2 is 2.00 bits per heavy atom. The highest BCUT2D eigenvalue weighted by Gasteiger charge is 2.30. The summed E-state index contributed by atoms with van der Waals surface area (Å²) in [5, 5.41) is 11.9. The molecule has 1 aromatic carbocycles. The van der Waals surface area contributed by atoms with E-state index in [1.165, 1.54) is 4.90 Å². The van der Waals surface area contributed by atoms with Gasteiger partial charge in [0.25, 0.3) is 0 Å². The van der Waals surface area contributed by atoms with Crippen LogP contribution in [0.25, 0.3) is 0 Å². The topological polar surface area (TPSA) is 66.4 Å². The summed E-state index contributed by atoms with van der Waals surface area (Å²) in [5.74, 6) is -0.106. The molecule has 1 amide bonds. The molecule has 2 atom stereocenters. The highest BCUT2D eigenvalue weighted by atomic mass is 79.9. The van der Waals surface area contributed by atoms with Gasteiger partial charge >= 0.3 is 5.97 Å². The molecule has 0 aliphatic heterocycles. The molecule has 2 N–H and O–H groups in total. The predicted molar refractivity (Wildman–Crippen MR) is 91.0 cm³/mol. The number of amides is 1. The van der Waals surface area contributed by atoms with Gasteiger partial charge in [0, 0.05) is 21.8 Å². The van der Waals surface area contributed by atoms with Crippen LogP contribution >= 0.6 is 27.7 Å². The lowest BCUT2D eigenvalue weighted by atomic mass is 10.1. The summed E-state index contributed by atoms with van der Waals surface area (Å²) in [5.41, 5.74) is 0. The molecule has 22 heavy (non-hydrogen) atoms. The molecular formula is C16H20BrNO3S. The van der Waals surface area contributed by atoms with Crippen molar-refractivity contribution in [3.05, 3.63) is 28.7 Å². The first-order valence-electron chi connectivity index (χ1n) is 7.45. The van der Waals surface area contributed by atoms with Gasteiger partial charge in [-0.25, -0.2) is 0 Å². The van der Waals surface area contributed by atoms with Crippen molar-refractivity contribution in [2.75, 3.05) is 5.75 Å². The normalized spacial score (nSPS) is 20.8. The van der Waals surface area contributed by atoms with Crippen LogP contribution in [0.15, 0.2) is 33.6 Å². The van der Waals surface area contributed by atoms with Gasteiger partial charge in [-0.05, 0) is 55.7 Å². The number of rotatable bonds is 7. The molecule has 1 fully saturated rings. The molecule has 0 aromatic heterocycles. The van der Waals surface area contributed by atoms with Gasteiger partial charge in [0.2, 0.25) is 5.91 Å². The Hall–Kier alpha value is -1.01. The number of halogens is 1. The Kier molecular flexibility index (Phi) is 6.76. The van der Waals surface area contributed by atoms with Crippen molar-refractivity contribution in [1.29, 1.82) is 0 Å². The standard InChI is InChI=1S/C16H20BrNO3S/c17-12-4-7-14(8-5-12)22-9-1-2-15(19)18-13-6-3-11(10-13)16(20)21/h4-5,7-8,11,13H,1-3,6,9-10H2,(H,18,19)(H,20,21)/t11-,13+/m1/s1. The predicted octanol–water partition coefficient (Wildman–Crippen LogP) is 3.69. The quantitative estimate of drug-likeness (QED) is 0.554. The number of benzene rings is 1. The van der Waals surface area contributed by atoms with Gasteiger partial charge < -0.3 is 10.4 Å². The van der Waals surface area contributed by atoms with Crippen LogP contribution < -0.4 is 5.32 Å². The van der Waals surface area contributed by atoms with Gasteiger partial charge in [0.05, 0.1) is 5.92 Å². The average Bonchev–Trinajstić information content (AvgIpc) is 2.94. The molecule has 0 bridgehead atoms. The van der Waals surface area contributed by atoms with Crippen LogP contribution in [0.4, 0.5) is 0 Å². The Bertz CT molecular complexity index is 521. The lowest BCUT2D eigenvalue weighted by Crippen LogP contribution is -2.33. The third-order valence-electron chi connectivity index (χ3n) is 3.78. The minimum absolute atomic E-state index is 0.0347. The van der Waals surface area contributed by atoms with E-state index in [0.717, 1.165) is 23.1 Å².